The van der Waals surface area contributed by atoms with Crippen LogP contribution >= 0.6 is 0 Å². The minimum Gasteiger partial charge on any atom is -0.407 e. The number of carbonyl (C=O) groups excluding carboxylic acids is 1. The van der Waals surface area contributed by atoms with Crippen LogP contribution in [0.2, 0.25) is 0 Å². The van der Waals surface area contributed by atoms with Gasteiger partial charge < -0.3 is 14.6 Å². The summed E-state index contributed by atoms with van der Waals surface area (Å²) in [5.74, 6) is -0.492. The second kappa shape index (κ2) is 6.83. The van der Waals surface area contributed by atoms with Gasteiger partial charge >= 0.3 is 5.76 Å². The zero-order valence-corrected chi connectivity index (χ0v) is 13.1. The summed E-state index contributed by atoms with van der Waals surface area (Å²) < 4.78 is 6.47. The van der Waals surface area contributed by atoms with Gasteiger partial charge in [0.2, 0.25) is 5.91 Å². The number of nitrogens with one attached hydrogen (secondary N) is 1. The topological polar surface area (TPSA) is 111 Å². The highest BCUT2D eigenvalue weighted by atomic mass is 16.6. The first-order valence-electron chi connectivity index (χ1n) is 7.82. The third-order valence-corrected chi connectivity index (χ3v) is 4.10. The fourth-order valence-corrected chi connectivity index (χ4v) is 2.84. The van der Waals surface area contributed by atoms with Crippen molar-refractivity contribution in [2.75, 3.05) is 26.2 Å². The second-order valence-corrected chi connectivity index (χ2v) is 5.66. The molecule has 0 radical (unpaired) electrons. The Bertz CT molecular complexity index is 819. The average molecular weight is 334 g/mol. The number of amides is 1. The monoisotopic (exact) mass is 334 g/mol. The predicted molar refractivity (Wildman–Crippen MR) is 85.8 cm³/mol. The van der Waals surface area contributed by atoms with Crippen molar-refractivity contribution in [2.45, 2.75) is 19.4 Å². The molecule has 1 N–H and O–H groups in total. The van der Waals surface area contributed by atoms with E-state index in [2.05, 4.69) is 5.32 Å². The van der Waals surface area contributed by atoms with Crippen molar-refractivity contribution < 1.29 is 14.1 Å². The predicted octanol–water partition coefficient (Wildman–Crippen LogP) is 0.715. The Hall–Kier alpha value is -2.68. The van der Waals surface area contributed by atoms with E-state index in [-0.39, 0.29) is 17.2 Å². The van der Waals surface area contributed by atoms with E-state index < -0.39 is 10.7 Å². The normalized spacial score (nSPS) is 14.9. The van der Waals surface area contributed by atoms with Crippen LogP contribution in [0.5, 0.6) is 0 Å². The number of nitrogens with zero attached hydrogens (tertiary/aromatic N) is 3. The summed E-state index contributed by atoms with van der Waals surface area (Å²) in [5, 5.41) is 14.0. The van der Waals surface area contributed by atoms with Gasteiger partial charge in [0, 0.05) is 45.2 Å². The van der Waals surface area contributed by atoms with Gasteiger partial charge in [-0.05, 0) is 12.5 Å². The Morgan fingerprint density at radius 3 is 2.79 bits per heavy atom. The van der Waals surface area contributed by atoms with Crippen LogP contribution in [0.25, 0.3) is 11.1 Å². The quantitative estimate of drug-likeness (QED) is 0.637. The van der Waals surface area contributed by atoms with Crippen LogP contribution in [-0.2, 0) is 11.3 Å². The van der Waals surface area contributed by atoms with E-state index in [1.807, 2.05) is 4.90 Å². The van der Waals surface area contributed by atoms with Crippen LogP contribution in [0.3, 0.4) is 0 Å². The van der Waals surface area contributed by atoms with Crippen LogP contribution in [-0.4, -0.2) is 46.5 Å². The molecule has 0 atom stereocenters. The van der Waals surface area contributed by atoms with E-state index in [9.17, 15) is 19.7 Å². The molecule has 0 spiro atoms. The van der Waals surface area contributed by atoms with Gasteiger partial charge in [-0.25, -0.2) is 4.79 Å². The first-order chi connectivity index (χ1) is 11.6. The van der Waals surface area contributed by atoms with Crippen LogP contribution < -0.4 is 11.1 Å². The largest absolute Gasteiger partial charge is 0.419 e. The molecule has 9 nitrogen and oxygen atoms in total. The molecule has 128 valence electrons. The average Bonchev–Trinajstić information content (AvgIpc) is 2.90. The standard InChI is InChI=1S/C15H18N4O5/c20-14(17-8-5-16-6-9-17)2-1-7-18-12-4-3-11(19(22)23)10-13(12)24-15(18)21/h3-4,10,16H,1-2,5-9H2. The van der Waals surface area contributed by atoms with Crippen molar-refractivity contribution in [1.29, 1.82) is 0 Å². The van der Waals surface area contributed by atoms with Crippen LogP contribution in [0, 0.1) is 10.1 Å². The number of oxazole rings is 1. The molecule has 2 aromatic rings. The highest BCUT2D eigenvalue weighted by Gasteiger charge is 2.17. The molecule has 1 aromatic carbocycles. The molecule has 3 rings (SSSR count). The lowest BCUT2D eigenvalue weighted by molar-refractivity contribution is -0.384. The summed E-state index contributed by atoms with van der Waals surface area (Å²) >= 11 is 0. The molecule has 24 heavy (non-hydrogen) atoms. The van der Waals surface area contributed by atoms with Gasteiger partial charge in [0.25, 0.3) is 5.69 Å². The molecule has 1 aromatic heterocycles. The van der Waals surface area contributed by atoms with E-state index in [0.29, 0.717) is 38.0 Å². The Morgan fingerprint density at radius 1 is 1.33 bits per heavy atom. The third-order valence-electron chi connectivity index (χ3n) is 4.10. The Morgan fingerprint density at radius 2 is 2.08 bits per heavy atom. The highest BCUT2D eigenvalue weighted by Crippen LogP contribution is 2.20. The maximum absolute atomic E-state index is 12.1. The summed E-state index contributed by atoms with van der Waals surface area (Å²) in [7, 11) is 0. The smallest absolute Gasteiger partial charge is 0.407 e. The van der Waals surface area contributed by atoms with Gasteiger partial charge in [-0.1, -0.05) is 0 Å². The van der Waals surface area contributed by atoms with E-state index in [4.69, 9.17) is 4.42 Å². The zero-order valence-electron chi connectivity index (χ0n) is 13.1. The van der Waals surface area contributed by atoms with E-state index in [1.54, 1.807) is 0 Å². The van der Waals surface area contributed by atoms with Crippen LogP contribution in [0.4, 0.5) is 5.69 Å². The third kappa shape index (κ3) is 3.30. The molecule has 0 unspecified atom stereocenters. The molecule has 0 saturated carbocycles. The molecule has 2 heterocycles. The summed E-state index contributed by atoms with van der Waals surface area (Å²) in [4.78, 5) is 36.1. The first kappa shape index (κ1) is 16.2. The maximum atomic E-state index is 12.1. The Kier molecular flexibility index (Phi) is 4.61. The van der Waals surface area contributed by atoms with Crippen molar-refractivity contribution in [2.24, 2.45) is 0 Å². The summed E-state index contributed by atoms with van der Waals surface area (Å²) in [5.41, 5.74) is 0.556. The molecule has 1 aliphatic rings. The maximum Gasteiger partial charge on any atom is 0.419 e. The molecular formula is C15H18N4O5. The Labute approximate surface area is 137 Å². The van der Waals surface area contributed by atoms with Crippen molar-refractivity contribution in [3.8, 4) is 0 Å². The van der Waals surface area contributed by atoms with Crippen LogP contribution in [0.15, 0.2) is 27.4 Å². The molecule has 1 amide bonds. The second-order valence-electron chi connectivity index (χ2n) is 5.66. The number of piperazine rings is 1. The number of nitro benzene ring substituents is 1. The minimum atomic E-state index is -0.569. The lowest BCUT2D eigenvalue weighted by Crippen LogP contribution is -2.46. The minimum absolute atomic E-state index is 0.0768. The number of benzene rings is 1. The zero-order chi connectivity index (χ0) is 17.1. The molecule has 9 heteroatoms. The summed E-state index contributed by atoms with van der Waals surface area (Å²) in [6.45, 7) is 3.35. The molecule has 0 bridgehead atoms. The summed E-state index contributed by atoms with van der Waals surface area (Å²) in [6, 6.07) is 4.06. The number of fused-ring (bicyclic) bond motifs is 1. The van der Waals surface area contributed by atoms with Crippen molar-refractivity contribution >= 4 is 22.7 Å². The summed E-state index contributed by atoms with van der Waals surface area (Å²) in [6.07, 6.45) is 0.861. The van der Waals surface area contributed by atoms with Crippen LogP contribution in [0.1, 0.15) is 12.8 Å². The van der Waals surface area contributed by atoms with E-state index in [0.717, 1.165) is 13.1 Å². The molecule has 1 fully saturated rings. The number of non-ortho nitro benzene ring substituents is 1. The Balaban J connectivity index is 1.66. The lowest BCUT2D eigenvalue weighted by Gasteiger charge is -2.27. The number of carbonyl (C=O) groups is 1. The number of aryl methyl sites for hydroxylation is 1. The number of aromatic nitrogens is 1. The lowest BCUT2D eigenvalue weighted by atomic mass is 10.2. The van der Waals surface area contributed by atoms with Gasteiger partial charge in [0.15, 0.2) is 5.58 Å². The molecule has 0 aliphatic carbocycles. The van der Waals surface area contributed by atoms with Gasteiger partial charge in [0.05, 0.1) is 16.5 Å². The first-order valence-corrected chi connectivity index (χ1v) is 7.82. The SMILES string of the molecule is O=C(CCCn1c(=O)oc2cc([N+](=O)[O-])ccc21)N1CCNCC1. The number of hydrogen-bond acceptors (Lipinski definition) is 6. The van der Waals surface area contributed by atoms with Gasteiger partial charge in [-0.2, -0.15) is 0 Å². The molecule has 1 aliphatic heterocycles. The number of nitro groups is 1. The number of hydrogen-bond donors (Lipinski definition) is 1. The van der Waals surface area contributed by atoms with Crippen molar-refractivity contribution in [1.82, 2.24) is 14.8 Å². The van der Waals surface area contributed by atoms with E-state index >= 15 is 0 Å². The van der Waals surface area contributed by atoms with Gasteiger partial charge in [-0.15, -0.1) is 0 Å². The van der Waals surface area contributed by atoms with Gasteiger partial charge in [-0.3, -0.25) is 19.5 Å². The number of rotatable bonds is 5. The fraction of sp³-hybridized carbons (Fsp3) is 0.467. The van der Waals surface area contributed by atoms with Crippen molar-refractivity contribution in [3.05, 3.63) is 38.9 Å². The van der Waals surface area contributed by atoms with Gasteiger partial charge in [0.1, 0.15) is 0 Å². The molecular weight excluding hydrogens is 316 g/mol. The highest BCUT2D eigenvalue weighted by molar-refractivity contribution is 5.77. The fourth-order valence-electron chi connectivity index (χ4n) is 2.84. The van der Waals surface area contributed by atoms with Crippen molar-refractivity contribution in [3.63, 3.8) is 0 Å². The molecule has 1 saturated heterocycles. The van der Waals surface area contributed by atoms with E-state index in [1.165, 1.54) is 22.8 Å².